The number of hydrogen-bond acceptors (Lipinski definition) is 4. The molecule has 1 fully saturated rings. The lowest BCUT2D eigenvalue weighted by Crippen LogP contribution is -2.37. The largest absolute Gasteiger partial charge is 0.341 e. The van der Waals surface area contributed by atoms with Gasteiger partial charge in [-0.3, -0.25) is 5.10 Å². The summed E-state index contributed by atoms with van der Waals surface area (Å²) in [7, 11) is 0. The molecule has 0 aliphatic carbocycles. The zero-order chi connectivity index (χ0) is 14.8. The van der Waals surface area contributed by atoms with Crippen LogP contribution in [0.3, 0.4) is 0 Å². The van der Waals surface area contributed by atoms with Crippen LogP contribution in [0.2, 0.25) is 0 Å². The molecule has 0 bridgehead atoms. The predicted octanol–water partition coefficient (Wildman–Crippen LogP) is 2.58. The predicted molar refractivity (Wildman–Crippen MR) is 83.5 cm³/mol. The second kappa shape index (κ2) is 5.84. The smallest absolute Gasteiger partial charge is 0.225 e. The molecule has 0 spiro atoms. The van der Waals surface area contributed by atoms with Crippen LogP contribution >= 0.6 is 0 Å². The second-order valence-electron chi connectivity index (χ2n) is 6.14. The van der Waals surface area contributed by atoms with E-state index in [1.165, 1.54) is 24.1 Å². The molecule has 21 heavy (non-hydrogen) atoms. The van der Waals surface area contributed by atoms with E-state index in [1.807, 2.05) is 26.1 Å². The van der Waals surface area contributed by atoms with Gasteiger partial charge in [0.25, 0.3) is 0 Å². The van der Waals surface area contributed by atoms with Crippen molar-refractivity contribution in [2.75, 3.05) is 18.0 Å². The summed E-state index contributed by atoms with van der Waals surface area (Å²) in [4.78, 5) is 11.5. The van der Waals surface area contributed by atoms with Crippen molar-refractivity contribution >= 4 is 5.95 Å². The number of rotatable bonds is 3. The van der Waals surface area contributed by atoms with Gasteiger partial charge >= 0.3 is 0 Å². The van der Waals surface area contributed by atoms with Crippen molar-refractivity contribution in [1.82, 2.24) is 20.2 Å². The molecule has 5 heteroatoms. The van der Waals surface area contributed by atoms with Gasteiger partial charge in [-0.15, -0.1) is 0 Å². The van der Waals surface area contributed by atoms with Gasteiger partial charge < -0.3 is 4.90 Å². The molecule has 3 rings (SSSR count). The SMILES string of the molecule is Cc1cc(C)nc(N2CCC[C@@H](Cc3[nH]ncc3C)C2)n1. The van der Waals surface area contributed by atoms with Crippen molar-refractivity contribution in [3.05, 3.63) is 34.9 Å². The molecule has 3 heterocycles. The molecule has 1 aliphatic heterocycles. The van der Waals surface area contributed by atoms with E-state index in [0.29, 0.717) is 5.92 Å². The van der Waals surface area contributed by atoms with Crippen molar-refractivity contribution in [3.8, 4) is 0 Å². The molecule has 1 N–H and O–H groups in total. The summed E-state index contributed by atoms with van der Waals surface area (Å²) in [5.74, 6) is 1.53. The maximum atomic E-state index is 4.60. The van der Waals surface area contributed by atoms with Crippen LogP contribution in [0, 0.1) is 26.7 Å². The van der Waals surface area contributed by atoms with Gasteiger partial charge in [0.15, 0.2) is 0 Å². The molecule has 1 saturated heterocycles. The molecule has 2 aromatic rings. The number of anilines is 1. The second-order valence-corrected chi connectivity index (χ2v) is 6.14. The van der Waals surface area contributed by atoms with Crippen LogP contribution in [0.5, 0.6) is 0 Å². The molecular weight excluding hydrogens is 262 g/mol. The molecule has 5 nitrogen and oxygen atoms in total. The highest BCUT2D eigenvalue weighted by Gasteiger charge is 2.23. The summed E-state index contributed by atoms with van der Waals surface area (Å²) in [5, 5.41) is 7.25. The van der Waals surface area contributed by atoms with Crippen LogP contribution in [-0.2, 0) is 6.42 Å². The minimum absolute atomic E-state index is 0.641. The number of nitrogens with one attached hydrogen (secondary N) is 1. The highest BCUT2D eigenvalue weighted by molar-refractivity contribution is 5.33. The Morgan fingerprint density at radius 2 is 2.00 bits per heavy atom. The molecular formula is C16H23N5. The van der Waals surface area contributed by atoms with Crippen molar-refractivity contribution < 1.29 is 0 Å². The highest BCUT2D eigenvalue weighted by Crippen LogP contribution is 2.24. The lowest BCUT2D eigenvalue weighted by molar-refractivity contribution is 0.405. The van der Waals surface area contributed by atoms with E-state index in [1.54, 1.807) is 0 Å². The number of aromatic nitrogens is 4. The zero-order valence-electron chi connectivity index (χ0n) is 13.1. The summed E-state index contributed by atoms with van der Waals surface area (Å²) in [6, 6.07) is 2.03. The maximum absolute atomic E-state index is 4.60. The first-order chi connectivity index (χ1) is 10.1. The summed E-state index contributed by atoms with van der Waals surface area (Å²) >= 11 is 0. The van der Waals surface area contributed by atoms with E-state index in [-0.39, 0.29) is 0 Å². The molecule has 1 atom stereocenters. The number of H-pyrrole nitrogens is 1. The maximum Gasteiger partial charge on any atom is 0.225 e. The Hall–Kier alpha value is -1.91. The van der Waals surface area contributed by atoms with Crippen LogP contribution in [0.25, 0.3) is 0 Å². The van der Waals surface area contributed by atoms with Crippen LogP contribution in [0.4, 0.5) is 5.95 Å². The average molecular weight is 285 g/mol. The van der Waals surface area contributed by atoms with Crippen LogP contribution < -0.4 is 4.90 Å². The van der Waals surface area contributed by atoms with Gasteiger partial charge in [0.1, 0.15) is 0 Å². The zero-order valence-corrected chi connectivity index (χ0v) is 13.1. The molecule has 0 aromatic carbocycles. The van der Waals surface area contributed by atoms with E-state index in [9.17, 15) is 0 Å². The fourth-order valence-electron chi connectivity index (χ4n) is 3.13. The Kier molecular flexibility index (Phi) is 3.90. The van der Waals surface area contributed by atoms with Gasteiger partial charge in [-0.2, -0.15) is 5.10 Å². The van der Waals surface area contributed by atoms with Gasteiger partial charge in [-0.05, 0) is 57.6 Å². The Bertz CT molecular complexity index is 599. The van der Waals surface area contributed by atoms with E-state index in [4.69, 9.17) is 0 Å². The summed E-state index contributed by atoms with van der Waals surface area (Å²) < 4.78 is 0. The van der Waals surface area contributed by atoms with Gasteiger partial charge in [0, 0.05) is 30.2 Å². The summed E-state index contributed by atoms with van der Waals surface area (Å²) in [6.45, 7) is 8.27. The Labute approximate surface area is 125 Å². The average Bonchev–Trinajstić information content (AvgIpc) is 2.84. The summed E-state index contributed by atoms with van der Waals surface area (Å²) in [5.41, 5.74) is 4.62. The van der Waals surface area contributed by atoms with Gasteiger partial charge in [0.05, 0.1) is 6.20 Å². The molecule has 1 aliphatic rings. The summed E-state index contributed by atoms with van der Waals surface area (Å²) in [6.07, 6.45) is 5.43. The van der Waals surface area contributed by atoms with Crippen molar-refractivity contribution in [3.63, 3.8) is 0 Å². The van der Waals surface area contributed by atoms with E-state index in [2.05, 4.69) is 32.0 Å². The first kappa shape index (κ1) is 14.0. The minimum atomic E-state index is 0.641. The number of piperidine rings is 1. The Morgan fingerprint density at radius 1 is 1.24 bits per heavy atom. The fourth-order valence-corrected chi connectivity index (χ4v) is 3.13. The van der Waals surface area contributed by atoms with Gasteiger partial charge in [-0.1, -0.05) is 0 Å². The Morgan fingerprint density at radius 3 is 2.67 bits per heavy atom. The van der Waals surface area contributed by atoms with E-state index < -0.39 is 0 Å². The number of hydrogen-bond donors (Lipinski definition) is 1. The topological polar surface area (TPSA) is 57.7 Å². The normalized spacial score (nSPS) is 19.0. The Balaban J connectivity index is 1.72. The first-order valence-corrected chi connectivity index (χ1v) is 7.68. The molecule has 0 radical (unpaired) electrons. The molecule has 0 unspecified atom stereocenters. The van der Waals surface area contributed by atoms with Crippen LogP contribution in [-0.4, -0.2) is 33.3 Å². The lowest BCUT2D eigenvalue weighted by atomic mass is 9.92. The minimum Gasteiger partial charge on any atom is -0.341 e. The van der Waals surface area contributed by atoms with E-state index >= 15 is 0 Å². The standard InChI is InChI=1S/C16H23N5/c1-11-9-17-20-15(11)8-14-5-4-6-21(10-14)16-18-12(2)7-13(3)19-16/h7,9,14H,4-6,8,10H2,1-3H3,(H,17,20)/t14-/m0/s1. The van der Waals surface area contributed by atoms with Gasteiger partial charge in [-0.25, -0.2) is 9.97 Å². The van der Waals surface area contributed by atoms with Crippen molar-refractivity contribution in [1.29, 1.82) is 0 Å². The molecule has 0 saturated carbocycles. The van der Waals surface area contributed by atoms with Crippen molar-refractivity contribution in [2.45, 2.75) is 40.0 Å². The monoisotopic (exact) mass is 285 g/mol. The molecule has 2 aromatic heterocycles. The number of aromatic amines is 1. The number of nitrogens with zero attached hydrogens (tertiary/aromatic N) is 4. The molecule has 0 amide bonds. The highest BCUT2D eigenvalue weighted by atomic mass is 15.3. The van der Waals surface area contributed by atoms with Crippen LogP contribution in [0.1, 0.15) is 35.5 Å². The van der Waals surface area contributed by atoms with E-state index in [0.717, 1.165) is 36.8 Å². The number of aryl methyl sites for hydroxylation is 3. The first-order valence-electron chi connectivity index (χ1n) is 7.68. The quantitative estimate of drug-likeness (QED) is 0.941. The van der Waals surface area contributed by atoms with Crippen LogP contribution in [0.15, 0.2) is 12.3 Å². The molecule has 112 valence electrons. The third kappa shape index (κ3) is 3.23. The van der Waals surface area contributed by atoms with Gasteiger partial charge in [0.2, 0.25) is 5.95 Å². The third-order valence-electron chi connectivity index (χ3n) is 4.20. The lowest BCUT2D eigenvalue weighted by Gasteiger charge is -2.33. The third-order valence-corrected chi connectivity index (χ3v) is 4.20. The fraction of sp³-hybridized carbons (Fsp3) is 0.562. The van der Waals surface area contributed by atoms with Crippen molar-refractivity contribution in [2.24, 2.45) is 5.92 Å².